The van der Waals surface area contributed by atoms with E-state index in [2.05, 4.69) is 4.74 Å². The molecule has 80 valence electrons. The number of ether oxygens (including phenoxy) is 1. The molecule has 0 atom stereocenters. The van der Waals surface area contributed by atoms with E-state index in [4.69, 9.17) is 11.6 Å². The predicted octanol–water partition coefficient (Wildman–Crippen LogP) is 2.18. The van der Waals surface area contributed by atoms with Gasteiger partial charge in [0.25, 0.3) is 0 Å². The summed E-state index contributed by atoms with van der Waals surface area (Å²) < 4.78 is 4.53. The SMILES string of the molecule is COC(=O)Cc1c(C=O)ccc(C)c1Cl. The molecule has 0 aromatic heterocycles. The number of hydrogen-bond acceptors (Lipinski definition) is 3. The van der Waals surface area contributed by atoms with Crippen LogP contribution in [0.1, 0.15) is 21.5 Å². The molecule has 1 aromatic carbocycles. The van der Waals surface area contributed by atoms with Crippen molar-refractivity contribution >= 4 is 23.9 Å². The third-order valence-electron chi connectivity index (χ3n) is 2.15. The van der Waals surface area contributed by atoms with Crippen LogP contribution in [0.4, 0.5) is 0 Å². The molecule has 0 aliphatic carbocycles. The van der Waals surface area contributed by atoms with Gasteiger partial charge in [-0.3, -0.25) is 9.59 Å². The van der Waals surface area contributed by atoms with Crippen LogP contribution in [-0.2, 0) is 16.0 Å². The van der Waals surface area contributed by atoms with Crippen molar-refractivity contribution in [1.82, 2.24) is 0 Å². The molecular weight excluding hydrogens is 216 g/mol. The third-order valence-corrected chi connectivity index (χ3v) is 2.67. The van der Waals surface area contributed by atoms with E-state index in [9.17, 15) is 9.59 Å². The number of aldehydes is 1. The lowest BCUT2D eigenvalue weighted by Gasteiger charge is -2.08. The Labute approximate surface area is 93.0 Å². The molecule has 15 heavy (non-hydrogen) atoms. The molecule has 0 aliphatic rings. The molecule has 0 aliphatic heterocycles. The summed E-state index contributed by atoms with van der Waals surface area (Å²) in [5.41, 5.74) is 1.79. The Bertz CT molecular complexity index is 399. The van der Waals surface area contributed by atoms with Gasteiger partial charge in [0, 0.05) is 10.6 Å². The van der Waals surface area contributed by atoms with Crippen LogP contribution in [0.5, 0.6) is 0 Å². The van der Waals surface area contributed by atoms with Gasteiger partial charge in [0.2, 0.25) is 0 Å². The third kappa shape index (κ3) is 2.57. The Balaban J connectivity index is 3.17. The largest absolute Gasteiger partial charge is 0.469 e. The number of benzene rings is 1. The van der Waals surface area contributed by atoms with Crippen molar-refractivity contribution in [3.05, 3.63) is 33.8 Å². The van der Waals surface area contributed by atoms with Gasteiger partial charge in [-0.15, -0.1) is 0 Å². The molecule has 0 saturated carbocycles. The summed E-state index contributed by atoms with van der Waals surface area (Å²) in [6.45, 7) is 1.82. The second-order valence-corrected chi connectivity index (χ2v) is 3.51. The minimum Gasteiger partial charge on any atom is -0.469 e. The number of hydrogen-bond donors (Lipinski definition) is 0. The molecule has 0 N–H and O–H groups in total. The Morgan fingerprint density at radius 3 is 2.73 bits per heavy atom. The zero-order chi connectivity index (χ0) is 11.4. The first-order chi connectivity index (χ1) is 7.10. The summed E-state index contributed by atoms with van der Waals surface area (Å²) in [5.74, 6) is -0.411. The maximum absolute atomic E-state index is 11.1. The smallest absolute Gasteiger partial charge is 0.310 e. The van der Waals surface area contributed by atoms with Gasteiger partial charge in [-0.2, -0.15) is 0 Å². The fourth-order valence-corrected chi connectivity index (χ4v) is 1.50. The number of rotatable bonds is 3. The van der Waals surface area contributed by atoms with Gasteiger partial charge in [0.15, 0.2) is 0 Å². The number of carbonyl (C=O) groups is 2. The highest BCUT2D eigenvalue weighted by atomic mass is 35.5. The first-order valence-corrected chi connectivity index (χ1v) is 4.78. The molecule has 0 saturated heterocycles. The van der Waals surface area contributed by atoms with E-state index in [0.29, 0.717) is 22.4 Å². The van der Waals surface area contributed by atoms with Gasteiger partial charge in [0.05, 0.1) is 13.5 Å². The first kappa shape index (κ1) is 11.7. The van der Waals surface area contributed by atoms with Crippen LogP contribution >= 0.6 is 11.6 Å². The van der Waals surface area contributed by atoms with E-state index in [1.54, 1.807) is 12.1 Å². The first-order valence-electron chi connectivity index (χ1n) is 4.40. The normalized spacial score (nSPS) is 9.80. The Morgan fingerprint density at radius 1 is 1.53 bits per heavy atom. The molecule has 0 unspecified atom stereocenters. The summed E-state index contributed by atoms with van der Waals surface area (Å²) in [5, 5.41) is 0.449. The minimum absolute atomic E-state index is 0.0189. The molecule has 0 fully saturated rings. The Kier molecular flexibility index (Phi) is 3.86. The maximum atomic E-state index is 11.1. The number of aryl methyl sites for hydroxylation is 1. The van der Waals surface area contributed by atoms with Gasteiger partial charge in [-0.25, -0.2) is 0 Å². The van der Waals surface area contributed by atoms with E-state index in [1.165, 1.54) is 7.11 Å². The fraction of sp³-hybridized carbons (Fsp3) is 0.273. The van der Waals surface area contributed by atoms with Crippen molar-refractivity contribution in [1.29, 1.82) is 0 Å². The zero-order valence-corrected chi connectivity index (χ0v) is 9.30. The van der Waals surface area contributed by atoms with Gasteiger partial charge < -0.3 is 4.74 Å². The number of esters is 1. The van der Waals surface area contributed by atoms with E-state index >= 15 is 0 Å². The van der Waals surface area contributed by atoms with E-state index < -0.39 is 5.97 Å². The van der Waals surface area contributed by atoms with Crippen LogP contribution in [-0.4, -0.2) is 19.4 Å². The van der Waals surface area contributed by atoms with E-state index in [1.807, 2.05) is 6.92 Å². The molecule has 3 nitrogen and oxygen atoms in total. The second-order valence-electron chi connectivity index (χ2n) is 3.13. The molecular formula is C11H11ClO3. The molecule has 0 heterocycles. The molecule has 0 spiro atoms. The van der Waals surface area contributed by atoms with Crippen molar-refractivity contribution < 1.29 is 14.3 Å². The lowest BCUT2D eigenvalue weighted by atomic mass is 10.0. The summed E-state index contributed by atoms with van der Waals surface area (Å²) in [4.78, 5) is 21.9. The summed E-state index contributed by atoms with van der Waals surface area (Å²) in [7, 11) is 1.30. The summed E-state index contributed by atoms with van der Waals surface area (Å²) in [6, 6.07) is 3.39. The summed E-state index contributed by atoms with van der Waals surface area (Å²) in [6.07, 6.45) is 0.703. The van der Waals surface area contributed by atoms with E-state index in [0.717, 1.165) is 5.56 Å². The standard InChI is InChI=1S/C11H11ClO3/c1-7-3-4-8(6-13)9(11(7)12)5-10(14)15-2/h3-4,6H,5H2,1-2H3. The van der Waals surface area contributed by atoms with Crippen molar-refractivity contribution in [2.75, 3.05) is 7.11 Å². The van der Waals surface area contributed by atoms with Crippen molar-refractivity contribution in [3.63, 3.8) is 0 Å². The second kappa shape index (κ2) is 4.94. The monoisotopic (exact) mass is 226 g/mol. The van der Waals surface area contributed by atoms with Gasteiger partial charge in [-0.1, -0.05) is 23.7 Å². The molecule has 1 rings (SSSR count). The Morgan fingerprint density at radius 2 is 2.20 bits per heavy atom. The van der Waals surface area contributed by atoms with Crippen LogP contribution in [0.3, 0.4) is 0 Å². The topological polar surface area (TPSA) is 43.4 Å². The van der Waals surface area contributed by atoms with Gasteiger partial charge in [-0.05, 0) is 18.1 Å². The summed E-state index contributed by atoms with van der Waals surface area (Å²) >= 11 is 6.01. The zero-order valence-electron chi connectivity index (χ0n) is 8.54. The van der Waals surface area contributed by atoms with Crippen LogP contribution < -0.4 is 0 Å². The van der Waals surface area contributed by atoms with Crippen LogP contribution in [0.25, 0.3) is 0 Å². The number of halogens is 1. The van der Waals surface area contributed by atoms with Crippen molar-refractivity contribution in [3.8, 4) is 0 Å². The molecule has 4 heteroatoms. The quantitative estimate of drug-likeness (QED) is 0.586. The van der Waals surface area contributed by atoms with Gasteiger partial charge in [0.1, 0.15) is 6.29 Å². The van der Waals surface area contributed by atoms with Crippen molar-refractivity contribution in [2.24, 2.45) is 0 Å². The van der Waals surface area contributed by atoms with Crippen LogP contribution in [0, 0.1) is 6.92 Å². The van der Waals surface area contributed by atoms with Crippen molar-refractivity contribution in [2.45, 2.75) is 13.3 Å². The fourth-order valence-electron chi connectivity index (χ4n) is 1.26. The number of carbonyl (C=O) groups excluding carboxylic acids is 2. The molecule has 1 aromatic rings. The molecule has 0 radical (unpaired) electrons. The highest BCUT2D eigenvalue weighted by Gasteiger charge is 2.13. The maximum Gasteiger partial charge on any atom is 0.310 e. The highest BCUT2D eigenvalue weighted by molar-refractivity contribution is 6.32. The lowest BCUT2D eigenvalue weighted by Crippen LogP contribution is -2.08. The minimum atomic E-state index is -0.411. The predicted molar refractivity (Wildman–Crippen MR) is 57.3 cm³/mol. The Hall–Kier alpha value is -1.35. The van der Waals surface area contributed by atoms with Gasteiger partial charge >= 0.3 is 5.97 Å². The van der Waals surface area contributed by atoms with E-state index in [-0.39, 0.29) is 6.42 Å². The van der Waals surface area contributed by atoms with Crippen LogP contribution in [0.2, 0.25) is 5.02 Å². The lowest BCUT2D eigenvalue weighted by molar-refractivity contribution is -0.139. The molecule has 0 bridgehead atoms. The number of methoxy groups -OCH3 is 1. The average Bonchev–Trinajstić information content (AvgIpc) is 2.25. The average molecular weight is 227 g/mol. The molecule has 0 amide bonds. The van der Waals surface area contributed by atoms with Crippen LogP contribution in [0.15, 0.2) is 12.1 Å². The highest BCUT2D eigenvalue weighted by Crippen LogP contribution is 2.24.